The molecule has 1 unspecified atom stereocenters. The van der Waals surface area contributed by atoms with E-state index in [0.717, 1.165) is 37.2 Å². The molecule has 2 aromatic rings. The average Bonchev–Trinajstić information content (AvgIpc) is 3.02. The second-order valence-electron chi connectivity index (χ2n) is 7.52. The van der Waals surface area contributed by atoms with Gasteiger partial charge < -0.3 is 14.9 Å². The van der Waals surface area contributed by atoms with Crippen LogP contribution in [-0.2, 0) is 9.59 Å². The number of Topliss-reactive ketones (excluding diaryl/α,β-unsaturated/α-hetero) is 1. The number of pyridine rings is 1. The number of hydrogen-bond acceptors (Lipinski definition) is 5. The summed E-state index contributed by atoms with van der Waals surface area (Å²) >= 11 is 0. The van der Waals surface area contributed by atoms with E-state index in [4.69, 9.17) is 0 Å². The van der Waals surface area contributed by atoms with Crippen LogP contribution >= 0.6 is 0 Å². The Labute approximate surface area is 177 Å². The standard InChI is InChI=1S/C24H29N3O3/c1-4-26(5-2)15-6-16-27-21(18-11-13-25-14-12-18)20(23(29)24(27)30)22(28)19-9-7-17(3)8-10-19/h7-14,21,28H,4-6,15-16H2,1-3H3/b22-20+. The van der Waals surface area contributed by atoms with Crippen LogP contribution in [0.2, 0.25) is 0 Å². The highest BCUT2D eigenvalue weighted by Gasteiger charge is 2.45. The second kappa shape index (κ2) is 9.67. The minimum atomic E-state index is -0.641. The molecule has 1 aromatic heterocycles. The number of carbonyl (C=O) groups excluding carboxylic acids is 2. The number of amides is 1. The molecule has 1 atom stereocenters. The van der Waals surface area contributed by atoms with Crippen molar-refractivity contribution in [3.8, 4) is 0 Å². The molecule has 6 nitrogen and oxygen atoms in total. The van der Waals surface area contributed by atoms with Crippen LogP contribution in [0.4, 0.5) is 0 Å². The van der Waals surface area contributed by atoms with Gasteiger partial charge in [-0.2, -0.15) is 0 Å². The van der Waals surface area contributed by atoms with Crippen LogP contribution in [-0.4, -0.2) is 57.8 Å². The van der Waals surface area contributed by atoms with Crippen molar-refractivity contribution >= 4 is 17.4 Å². The summed E-state index contributed by atoms with van der Waals surface area (Å²) in [5, 5.41) is 11.0. The molecule has 0 spiro atoms. The molecule has 1 saturated heterocycles. The Hall–Kier alpha value is -2.99. The maximum Gasteiger partial charge on any atom is 0.295 e. The van der Waals surface area contributed by atoms with Gasteiger partial charge in [-0.3, -0.25) is 14.6 Å². The molecule has 1 aromatic carbocycles. The van der Waals surface area contributed by atoms with Gasteiger partial charge in [0.15, 0.2) is 0 Å². The number of rotatable bonds is 8. The number of aromatic nitrogens is 1. The molecule has 2 heterocycles. The summed E-state index contributed by atoms with van der Waals surface area (Å²) in [5.41, 5.74) is 2.48. The number of carbonyl (C=O) groups is 2. The molecule has 3 rings (SSSR count). The molecule has 1 aliphatic heterocycles. The molecule has 0 bridgehead atoms. The zero-order valence-electron chi connectivity index (χ0n) is 17.8. The zero-order valence-corrected chi connectivity index (χ0v) is 17.8. The molecule has 158 valence electrons. The highest BCUT2D eigenvalue weighted by atomic mass is 16.3. The average molecular weight is 408 g/mol. The van der Waals surface area contributed by atoms with Crippen molar-refractivity contribution in [2.45, 2.75) is 33.2 Å². The van der Waals surface area contributed by atoms with E-state index in [1.807, 2.05) is 19.1 Å². The monoisotopic (exact) mass is 407 g/mol. The first-order valence-electron chi connectivity index (χ1n) is 10.5. The molecular formula is C24H29N3O3. The van der Waals surface area contributed by atoms with Crippen LogP contribution in [0.3, 0.4) is 0 Å². The van der Waals surface area contributed by atoms with Crippen molar-refractivity contribution in [1.29, 1.82) is 0 Å². The quantitative estimate of drug-likeness (QED) is 0.412. The smallest absolute Gasteiger partial charge is 0.295 e. The lowest BCUT2D eigenvalue weighted by molar-refractivity contribution is -0.140. The zero-order chi connectivity index (χ0) is 21.7. The lowest BCUT2D eigenvalue weighted by Gasteiger charge is -2.26. The van der Waals surface area contributed by atoms with Crippen molar-refractivity contribution in [3.63, 3.8) is 0 Å². The van der Waals surface area contributed by atoms with Gasteiger partial charge in [0.1, 0.15) is 5.76 Å². The summed E-state index contributed by atoms with van der Waals surface area (Å²) < 4.78 is 0. The maximum absolute atomic E-state index is 13.0. The van der Waals surface area contributed by atoms with E-state index in [0.29, 0.717) is 12.1 Å². The molecule has 30 heavy (non-hydrogen) atoms. The Balaban J connectivity index is 1.99. The lowest BCUT2D eigenvalue weighted by atomic mass is 9.95. The van der Waals surface area contributed by atoms with Gasteiger partial charge in [0.2, 0.25) is 0 Å². The summed E-state index contributed by atoms with van der Waals surface area (Å²) in [5.74, 6) is -1.34. The Kier molecular flexibility index (Phi) is 7.00. The number of aryl methyl sites for hydroxylation is 1. The summed E-state index contributed by atoms with van der Waals surface area (Å²) in [6, 6.07) is 10.2. The minimum absolute atomic E-state index is 0.137. The van der Waals surface area contributed by atoms with Crippen LogP contribution in [0.1, 0.15) is 43.0 Å². The van der Waals surface area contributed by atoms with Crippen LogP contribution < -0.4 is 0 Å². The molecule has 0 saturated carbocycles. The molecule has 1 fully saturated rings. The molecular weight excluding hydrogens is 378 g/mol. The second-order valence-corrected chi connectivity index (χ2v) is 7.52. The van der Waals surface area contributed by atoms with Gasteiger partial charge in [-0.15, -0.1) is 0 Å². The summed E-state index contributed by atoms with van der Waals surface area (Å²) in [7, 11) is 0. The van der Waals surface area contributed by atoms with Crippen LogP contribution in [0.15, 0.2) is 54.4 Å². The number of aliphatic hydroxyl groups excluding tert-OH is 1. The van der Waals surface area contributed by atoms with Crippen LogP contribution in [0.25, 0.3) is 5.76 Å². The Morgan fingerprint density at radius 2 is 1.70 bits per heavy atom. The summed E-state index contributed by atoms with van der Waals surface area (Å²) in [6.45, 7) is 9.33. The van der Waals surface area contributed by atoms with E-state index < -0.39 is 17.7 Å². The van der Waals surface area contributed by atoms with Crippen LogP contribution in [0.5, 0.6) is 0 Å². The number of hydrogen-bond donors (Lipinski definition) is 1. The first-order valence-corrected chi connectivity index (χ1v) is 10.5. The number of aliphatic hydroxyl groups is 1. The third-order valence-corrected chi connectivity index (χ3v) is 5.65. The third-order valence-electron chi connectivity index (χ3n) is 5.65. The first kappa shape index (κ1) is 21.7. The van der Waals surface area contributed by atoms with Crippen molar-refractivity contribution in [1.82, 2.24) is 14.8 Å². The fourth-order valence-corrected chi connectivity index (χ4v) is 3.87. The topological polar surface area (TPSA) is 73.7 Å². The van der Waals surface area contributed by atoms with Crippen molar-refractivity contribution < 1.29 is 14.7 Å². The molecule has 1 aliphatic rings. The third kappa shape index (κ3) is 4.44. The fourth-order valence-electron chi connectivity index (χ4n) is 3.87. The van der Waals surface area contributed by atoms with Crippen molar-refractivity contribution in [2.75, 3.05) is 26.2 Å². The highest BCUT2D eigenvalue weighted by molar-refractivity contribution is 6.46. The van der Waals surface area contributed by atoms with E-state index in [2.05, 4.69) is 23.7 Å². The van der Waals surface area contributed by atoms with E-state index >= 15 is 0 Å². The highest BCUT2D eigenvalue weighted by Crippen LogP contribution is 2.39. The Morgan fingerprint density at radius 1 is 1.07 bits per heavy atom. The molecule has 0 radical (unpaired) electrons. The summed E-state index contributed by atoms with van der Waals surface area (Å²) in [6.07, 6.45) is 4.02. The van der Waals surface area contributed by atoms with Gasteiger partial charge in [-0.1, -0.05) is 43.7 Å². The maximum atomic E-state index is 13.0. The molecule has 1 N–H and O–H groups in total. The van der Waals surface area contributed by atoms with E-state index in [-0.39, 0.29) is 11.3 Å². The number of likely N-dealkylation sites (tertiary alicyclic amines) is 1. The van der Waals surface area contributed by atoms with Gasteiger partial charge in [-0.25, -0.2) is 0 Å². The fraction of sp³-hybridized carbons (Fsp3) is 0.375. The van der Waals surface area contributed by atoms with Gasteiger partial charge in [-0.05, 0) is 50.7 Å². The van der Waals surface area contributed by atoms with Gasteiger partial charge in [0.05, 0.1) is 11.6 Å². The van der Waals surface area contributed by atoms with E-state index in [1.54, 1.807) is 41.6 Å². The van der Waals surface area contributed by atoms with Crippen molar-refractivity contribution in [2.24, 2.45) is 0 Å². The Morgan fingerprint density at radius 3 is 2.30 bits per heavy atom. The minimum Gasteiger partial charge on any atom is -0.507 e. The molecule has 1 amide bonds. The van der Waals surface area contributed by atoms with Gasteiger partial charge in [0, 0.05) is 24.5 Å². The molecule has 0 aliphatic carbocycles. The lowest BCUT2D eigenvalue weighted by Crippen LogP contribution is -2.33. The molecule has 6 heteroatoms. The number of nitrogens with zero attached hydrogens (tertiary/aromatic N) is 3. The predicted octanol–water partition coefficient (Wildman–Crippen LogP) is 3.54. The first-order chi connectivity index (χ1) is 14.5. The van der Waals surface area contributed by atoms with E-state index in [1.165, 1.54) is 0 Å². The normalized spacial score (nSPS) is 18.4. The summed E-state index contributed by atoms with van der Waals surface area (Å²) in [4.78, 5) is 33.8. The van der Waals surface area contributed by atoms with Gasteiger partial charge >= 0.3 is 0 Å². The van der Waals surface area contributed by atoms with Crippen molar-refractivity contribution in [3.05, 3.63) is 71.1 Å². The number of ketones is 1. The predicted molar refractivity (Wildman–Crippen MR) is 117 cm³/mol. The Bertz CT molecular complexity index is 918. The SMILES string of the molecule is CCN(CC)CCCN1C(=O)C(=O)/C(=C(/O)c2ccc(C)cc2)C1c1ccncc1. The largest absolute Gasteiger partial charge is 0.507 e. The van der Waals surface area contributed by atoms with Gasteiger partial charge in [0.25, 0.3) is 11.7 Å². The van der Waals surface area contributed by atoms with Crippen LogP contribution in [0, 0.1) is 6.92 Å². The van der Waals surface area contributed by atoms with E-state index in [9.17, 15) is 14.7 Å². The number of benzene rings is 1.